The second-order valence-corrected chi connectivity index (χ2v) is 5.54. The van der Waals surface area contributed by atoms with Crippen LogP contribution in [0.1, 0.15) is 25.5 Å². The molecule has 0 radical (unpaired) electrons. The molecule has 2 rings (SSSR count). The Labute approximate surface area is 129 Å². The summed E-state index contributed by atoms with van der Waals surface area (Å²) in [5.41, 5.74) is 0.827. The Hall–Kier alpha value is -1.52. The first-order valence-electron chi connectivity index (χ1n) is 7.00. The van der Waals surface area contributed by atoms with Crippen LogP contribution >= 0.6 is 11.8 Å². The Kier molecular flexibility index (Phi) is 5.65. The summed E-state index contributed by atoms with van der Waals surface area (Å²) >= 11 is 1.58. The Morgan fingerprint density at radius 1 is 1.19 bits per heavy atom. The molecule has 21 heavy (non-hydrogen) atoms. The molecule has 0 fully saturated rings. The third-order valence-electron chi connectivity index (χ3n) is 3.26. The minimum Gasteiger partial charge on any atom is -0.453 e. The molecule has 0 aliphatic rings. The average molecular weight is 305 g/mol. The summed E-state index contributed by atoms with van der Waals surface area (Å²) in [6.07, 6.45) is 1.98. The standard InChI is InChI=1S/C17H20FNOS/c1-4-19-12(2)13-8-7-9-14(18)17(13)20-15-10-5-6-11-16(15)21-3/h5-12,19H,4H2,1-3H3. The van der Waals surface area contributed by atoms with Crippen LogP contribution in [0.4, 0.5) is 4.39 Å². The number of thioether (sulfide) groups is 1. The molecule has 0 heterocycles. The van der Waals surface area contributed by atoms with E-state index in [-0.39, 0.29) is 11.9 Å². The highest BCUT2D eigenvalue weighted by Crippen LogP contribution is 2.36. The van der Waals surface area contributed by atoms with Crippen LogP contribution in [0.5, 0.6) is 11.5 Å². The van der Waals surface area contributed by atoms with Gasteiger partial charge in [0.25, 0.3) is 0 Å². The average Bonchev–Trinajstić information content (AvgIpc) is 2.50. The van der Waals surface area contributed by atoms with Crippen LogP contribution in [0.2, 0.25) is 0 Å². The molecule has 0 saturated carbocycles. The third-order valence-corrected chi connectivity index (χ3v) is 4.03. The number of benzene rings is 2. The normalized spacial score (nSPS) is 12.2. The van der Waals surface area contributed by atoms with Crippen molar-refractivity contribution in [3.63, 3.8) is 0 Å². The molecule has 2 nitrogen and oxygen atoms in total. The van der Waals surface area contributed by atoms with Gasteiger partial charge in [0.1, 0.15) is 5.75 Å². The summed E-state index contributed by atoms with van der Waals surface area (Å²) in [5, 5.41) is 3.29. The van der Waals surface area contributed by atoms with Gasteiger partial charge in [-0.25, -0.2) is 4.39 Å². The van der Waals surface area contributed by atoms with Crippen LogP contribution < -0.4 is 10.1 Å². The minimum atomic E-state index is -0.340. The Bertz CT molecular complexity index is 603. The number of hydrogen-bond donors (Lipinski definition) is 1. The third kappa shape index (κ3) is 3.77. The maximum absolute atomic E-state index is 14.2. The fourth-order valence-electron chi connectivity index (χ4n) is 2.20. The molecule has 0 amide bonds. The maximum atomic E-state index is 14.2. The Morgan fingerprint density at radius 3 is 2.67 bits per heavy atom. The summed E-state index contributed by atoms with van der Waals surface area (Å²) < 4.78 is 20.1. The first kappa shape index (κ1) is 15.9. The lowest BCUT2D eigenvalue weighted by molar-refractivity contribution is 0.419. The van der Waals surface area contributed by atoms with Crippen molar-refractivity contribution in [2.24, 2.45) is 0 Å². The fourth-order valence-corrected chi connectivity index (χ4v) is 2.73. The Morgan fingerprint density at radius 2 is 1.95 bits per heavy atom. The summed E-state index contributed by atoms with van der Waals surface area (Å²) in [6, 6.07) is 12.7. The molecule has 4 heteroatoms. The largest absolute Gasteiger partial charge is 0.453 e. The highest BCUT2D eigenvalue weighted by molar-refractivity contribution is 7.98. The molecule has 0 aromatic heterocycles. The molecule has 0 aliphatic carbocycles. The molecule has 1 N–H and O–H groups in total. The highest BCUT2D eigenvalue weighted by Gasteiger charge is 2.16. The van der Waals surface area contributed by atoms with E-state index in [1.165, 1.54) is 6.07 Å². The number of nitrogens with one attached hydrogen (secondary N) is 1. The van der Waals surface area contributed by atoms with Crippen molar-refractivity contribution < 1.29 is 9.13 Å². The van der Waals surface area contributed by atoms with Gasteiger partial charge in [0, 0.05) is 16.5 Å². The van der Waals surface area contributed by atoms with Gasteiger partial charge >= 0.3 is 0 Å². The zero-order valence-electron chi connectivity index (χ0n) is 12.5. The maximum Gasteiger partial charge on any atom is 0.167 e. The fraction of sp³-hybridized carbons (Fsp3) is 0.294. The van der Waals surface area contributed by atoms with E-state index in [0.717, 1.165) is 17.0 Å². The lowest BCUT2D eigenvalue weighted by atomic mass is 10.1. The lowest BCUT2D eigenvalue weighted by Gasteiger charge is -2.19. The zero-order chi connectivity index (χ0) is 15.2. The number of para-hydroxylation sites is 2. The molecular weight excluding hydrogens is 285 g/mol. The predicted molar refractivity (Wildman–Crippen MR) is 86.8 cm³/mol. The van der Waals surface area contributed by atoms with Crippen molar-refractivity contribution in [1.29, 1.82) is 0 Å². The molecule has 2 aromatic carbocycles. The van der Waals surface area contributed by atoms with E-state index in [1.807, 2.05) is 50.4 Å². The van der Waals surface area contributed by atoms with Crippen molar-refractivity contribution in [3.05, 3.63) is 53.8 Å². The van der Waals surface area contributed by atoms with E-state index in [1.54, 1.807) is 17.8 Å². The van der Waals surface area contributed by atoms with E-state index in [9.17, 15) is 4.39 Å². The first-order chi connectivity index (χ1) is 10.2. The highest BCUT2D eigenvalue weighted by atomic mass is 32.2. The van der Waals surface area contributed by atoms with E-state index in [0.29, 0.717) is 11.5 Å². The molecule has 1 atom stereocenters. The topological polar surface area (TPSA) is 21.3 Å². The summed E-state index contributed by atoms with van der Waals surface area (Å²) in [4.78, 5) is 0.989. The van der Waals surface area contributed by atoms with Gasteiger partial charge in [-0.05, 0) is 37.9 Å². The van der Waals surface area contributed by atoms with Crippen LogP contribution in [0.25, 0.3) is 0 Å². The van der Waals surface area contributed by atoms with Gasteiger partial charge in [0.05, 0.1) is 0 Å². The van der Waals surface area contributed by atoms with Crippen molar-refractivity contribution in [3.8, 4) is 11.5 Å². The van der Waals surface area contributed by atoms with Crippen LogP contribution in [0, 0.1) is 5.82 Å². The van der Waals surface area contributed by atoms with Gasteiger partial charge in [-0.2, -0.15) is 0 Å². The molecular formula is C17H20FNOS. The van der Waals surface area contributed by atoms with Gasteiger partial charge in [-0.15, -0.1) is 11.8 Å². The predicted octanol–water partition coefficient (Wildman–Crippen LogP) is 5.01. The van der Waals surface area contributed by atoms with E-state index < -0.39 is 0 Å². The first-order valence-corrected chi connectivity index (χ1v) is 8.22. The molecule has 112 valence electrons. The molecule has 0 saturated heterocycles. The summed E-state index contributed by atoms with van der Waals surface area (Å²) in [5.74, 6) is 0.639. The van der Waals surface area contributed by atoms with E-state index in [2.05, 4.69) is 5.32 Å². The quantitative estimate of drug-likeness (QED) is 0.758. The van der Waals surface area contributed by atoms with Crippen LogP contribution in [0.3, 0.4) is 0 Å². The second-order valence-electron chi connectivity index (χ2n) is 4.69. The van der Waals surface area contributed by atoms with Crippen LogP contribution in [-0.2, 0) is 0 Å². The molecule has 0 aliphatic heterocycles. The van der Waals surface area contributed by atoms with Crippen LogP contribution in [0.15, 0.2) is 47.4 Å². The molecule has 2 aromatic rings. The van der Waals surface area contributed by atoms with Crippen molar-refractivity contribution in [1.82, 2.24) is 5.32 Å². The lowest BCUT2D eigenvalue weighted by Crippen LogP contribution is -2.18. The summed E-state index contributed by atoms with van der Waals surface area (Å²) in [6.45, 7) is 4.85. The molecule has 1 unspecified atom stereocenters. The summed E-state index contributed by atoms with van der Waals surface area (Å²) in [7, 11) is 0. The number of halogens is 1. The van der Waals surface area contributed by atoms with E-state index >= 15 is 0 Å². The second kappa shape index (κ2) is 7.48. The van der Waals surface area contributed by atoms with Gasteiger partial charge in [-0.1, -0.05) is 31.2 Å². The van der Waals surface area contributed by atoms with Crippen LogP contribution in [-0.4, -0.2) is 12.8 Å². The molecule has 0 spiro atoms. The number of hydrogen-bond acceptors (Lipinski definition) is 3. The zero-order valence-corrected chi connectivity index (χ0v) is 13.3. The van der Waals surface area contributed by atoms with Gasteiger partial charge in [0.2, 0.25) is 0 Å². The van der Waals surface area contributed by atoms with Crippen molar-refractivity contribution in [2.45, 2.75) is 24.8 Å². The Balaban J connectivity index is 2.39. The van der Waals surface area contributed by atoms with Gasteiger partial charge in [0.15, 0.2) is 11.6 Å². The van der Waals surface area contributed by atoms with Gasteiger partial charge < -0.3 is 10.1 Å². The van der Waals surface area contributed by atoms with Gasteiger partial charge in [-0.3, -0.25) is 0 Å². The minimum absolute atomic E-state index is 0.0298. The van der Waals surface area contributed by atoms with E-state index in [4.69, 9.17) is 4.74 Å². The monoisotopic (exact) mass is 305 g/mol. The number of ether oxygens (including phenoxy) is 1. The SMILES string of the molecule is CCNC(C)c1cccc(F)c1Oc1ccccc1SC. The van der Waals surface area contributed by atoms with Crippen molar-refractivity contribution in [2.75, 3.05) is 12.8 Å². The molecule has 0 bridgehead atoms. The smallest absolute Gasteiger partial charge is 0.167 e. The number of rotatable bonds is 6. The van der Waals surface area contributed by atoms with Crippen molar-refractivity contribution >= 4 is 11.8 Å².